The molecule has 3 aromatic heterocycles. The minimum atomic E-state index is -0.167. The average Bonchev–Trinajstić information content (AvgIpc) is 3.48. The van der Waals surface area contributed by atoms with Gasteiger partial charge in [-0.2, -0.15) is 0 Å². The fourth-order valence-electron chi connectivity index (χ4n) is 5.04. The van der Waals surface area contributed by atoms with Crippen LogP contribution in [-0.4, -0.2) is 44.7 Å². The lowest BCUT2D eigenvalue weighted by molar-refractivity contribution is 0.0966. The van der Waals surface area contributed by atoms with E-state index in [-0.39, 0.29) is 12.0 Å². The molecular formula is C29H34N6O2. The molecule has 1 saturated heterocycles. The zero-order chi connectivity index (χ0) is 25.9. The van der Waals surface area contributed by atoms with E-state index in [1.54, 1.807) is 13.8 Å². The molecule has 1 aromatic carbocycles. The molecule has 192 valence electrons. The normalized spacial score (nSPS) is 14.8. The number of carbonyl (C=O) groups is 1. The quantitative estimate of drug-likeness (QED) is 0.367. The molecule has 1 amide bonds. The number of aliphatic hydroxyl groups is 1. The number of aliphatic hydroxyl groups excluding tert-OH is 1. The summed E-state index contributed by atoms with van der Waals surface area (Å²) in [6.07, 6.45) is 9.38. The van der Waals surface area contributed by atoms with Gasteiger partial charge in [-0.3, -0.25) is 4.79 Å². The number of piperidine rings is 1. The molecule has 8 nitrogen and oxygen atoms in total. The first-order valence-electron chi connectivity index (χ1n) is 12.9. The molecule has 4 aromatic rings. The minimum Gasteiger partial charge on any atom is -0.394 e. The molecule has 0 atom stereocenters. The monoisotopic (exact) mass is 498 g/mol. The predicted octanol–water partition coefficient (Wildman–Crippen LogP) is 5.00. The Morgan fingerprint density at radius 1 is 1.00 bits per heavy atom. The van der Waals surface area contributed by atoms with E-state index in [9.17, 15) is 4.79 Å². The van der Waals surface area contributed by atoms with Crippen LogP contribution in [0.5, 0.6) is 0 Å². The fourth-order valence-corrected chi connectivity index (χ4v) is 5.04. The van der Waals surface area contributed by atoms with Crippen molar-refractivity contribution in [3.05, 3.63) is 66.1 Å². The molecule has 37 heavy (non-hydrogen) atoms. The van der Waals surface area contributed by atoms with E-state index in [0.29, 0.717) is 12.1 Å². The maximum absolute atomic E-state index is 12.8. The largest absolute Gasteiger partial charge is 0.394 e. The van der Waals surface area contributed by atoms with Crippen LogP contribution in [0.3, 0.4) is 0 Å². The minimum absolute atomic E-state index is 0.0577. The molecule has 0 radical (unpaired) electrons. The first kappa shape index (κ1) is 24.8. The summed E-state index contributed by atoms with van der Waals surface area (Å²) >= 11 is 0. The Morgan fingerprint density at radius 3 is 2.51 bits per heavy atom. The molecule has 6 rings (SSSR count). The van der Waals surface area contributed by atoms with Crippen molar-refractivity contribution in [2.24, 2.45) is 7.05 Å². The lowest BCUT2D eigenvalue weighted by Gasteiger charge is -2.28. The van der Waals surface area contributed by atoms with Gasteiger partial charge in [-0.1, -0.05) is 6.07 Å². The van der Waals surface area contributed by atoms with Gasteiger partial charge in [-0.15, -0.1) is 0 Å². The van der Waals surface area contributed by atoms with Crippen LogP contribution in [0.2, 0.25) is 0 Å². The van der Waals surface area contributed by atoms with Crippen LogP contribution in [0.1, 0.15) is 49.0 Å². The summed E-state index contributed by atoms with van der Waals surface area (Å²) in [5.74, 6) is 0.678. The third-order valence-electron chi connectivity index (χ3n) is 6.76. The van der Waals surface area contributed by atoms with E-state index in [2.05, 4.69) is 43.7 Å². The van der Waals surface area contributed by atoms with Crippen molar-refractivity contribution in [3.63, 3.8) is 0 Å². The van der Waals surface area contributed by atoms with Crippen molar-refractivity contribution in [3.8, 4) is 11.1 Å². The van der Waals surface area contributed by atoms with Gasteiger partial charge in [0, 0.05) is 50.6 Å². The van der Waals surface area contributed by atoms with E-state index in [1.807, 2.05) is 48.4 Å². The van der Waals surface area contributed by atoms with Crippen LogP contribution >= 0.6 is 0 Å². The van der Waals surface area contributed by atoms with Gasteiger partial charge in [0.05, 0.1) is 23.1 Å². The highest BCUT2D eigenvalue weighted by molar-refractivity contribution is 6.07. The molecule has 0 bridgehead atoms. The number of aryl methyl sites for hydroxylation is 1. The Labute approximate surface area is 217 Å². The number of benzene rings is 1. The number of nitrogens with zero attached hydrogens (tertiary/aromatic N) is 4. The number of anilines is 3. The Kier molecular flexibility index (Phi) is 7.10. The second kappa shape index (κ2) is 10.6. The number of hydrogen-bond donors (Lipinski definition) is 3. The zero-order valence-electron chi connectivity index (χ0n) is 21.7. The molecule has 8 heteroatoms. The second-order valence-corrected chi connectivity index (χ2v) is 9.89. The smallest absolute Gasteiger partial charge is 0.254 e. The predicted molar refractivity (Wildman–Crippen MR) is 148 cm³/mol. The highest BCUT2D eigenvalue weighted by atomic mass is 16.3. The van der Waals surface area contributed by atoms with E-state index in [4.69, 9.17) is 5.11 Å². The van der Waals surface area contributed by atoms with Crippen LogP contribution in [0.25, 0.3) is 22.2 Å². The number of nitrogens with one attached hydrogen (secondary N) is 2. The SMILES string of the molecule is CC(C)O.Cn1ccc2c(-c3ccc(Nc4ccc(N5CCCCC5)cn4)c4c3CNC4=O)ccnc21. The van der Waals surface area contributed by atoms with Gasteiger partial charge in [-0.05, 0) is 80.1 Å². The third kappa shape index (κ3) is 5.15. The summed E-state index contributed by atoms with van der Waals surface area (Å²) in [7, 11) is 1.99. The zero-order valence-corrected chi connectivity index (χ0v) is 21.7. The van der Waals surface area contributed by atoms with Gasteiger partial charge in [0.2, 0.25) is 0 Å². The summed E-state index contributed by atoms with van der Waals surface area (Å²) < 4.78 is 2.01. The second-order valence-electron chi connectivity index (χ2n) is 9.89. The maximum Gasteiger partial charge on any atom is 0.254 e. The van der Waals surface area contributed by atoms with Crippen molar-refractivity contribution in [1.82, 2.24) is 19.9 Å². The number of carbonyl (C=O) groups excluding carboxylic acids is 1. The van der Waals surface area contributed by atoms with E-state index < -0.39 is 0 Å². The Bertz CT molecular complexity index is 1400. The van der Waals surface area contributed by atoms with Gasteiger partial charge in [0.25, 0.3) is 5.91 Å². The summed E-state index contributed by atoms with van der Waals surface area (Å²) in [5, 5.41) is 15.5. The molecule has 3 N–H and O–H groups in total. The molecular weight excluding hydrogens is 464 g/mol. The first-order chi connectivity index (χ1) is 17.9. The number of pyridine rings is 2. The van der Waals surface area contributed by atoms with Gasteiger partial charge >= 0.3 is 0 Å². The highest BCUT2D eigenvalue weighted by Gasteiger charge is 2.27. The van der Waals surface area contributed by atoms with Gasteiger partial charge in [0.15, 0.2) is 0 Å². The Hall–Kier alpha value is -3.91. The van der Waals surface area contributed by atoms with Crippen LogP contribution < -0.4 is 15.5 Å². The van der Waals surface area contributed by atoms with Crippen molar-refractivity contribution in [2.75, 3.05) is 23.3 Å². The maximum atomic E-state index is 12.8. The van der Waals surface area contributed by atoms with Crippen molar-refractivity contribution < 1.29 is 9.90 Å². The molecule has 2 aliphatic heterocycles. The standard InChI is InChI=1S/C26H26N6O.C3H8O/c1-31-14-10-20-19(9-11-27-25(20)31)18-6-7-22(24-21(18)16-29-26(24)33)30-23-8-5-17(15-28-23)32-12-3-2-4-13-32;1-3(2)4/h5-11,14-15H,2-4,12-13,16H2,1H3,(H,28,30)(H,29,33);3-4H,1-2H3. The van der Waals surface area contributed by atoms with Gasteiger partial charge < -0.3 is 25.2 Å². The van der Waals surface area contributed by atoms with Gasteiger partial charge in [-0.25, -0.2) is 9.97 Å². The van der Waals surface area contributed by atoms with Crippen molar-refractivity contribution >= 4 is 34.1 Å². The number of fused-ring (bicyclic) bond motifs is 2. The third-order valence-corrected chi connectivity index (χ3v) is 6.76. The van der Waals surface area contributed by atoms with Gasteiger partial charge in [0.1, 0.15) is 11.5 Å². The first-order valence-corrected chi connectivity index (χ1v) is 12.9. The molecule has 5 heterocycles. The average molecular weight is 499 g/mol. The number of rotatable bonds is 4. The van der Waals surface area contributed by atoms with Crippen LogP contribution in [0.4, 0.5) is 17.2 Å². The van der Waals surface area contributed by atoms with Crippen molar-refractivity contribution in [2.45, 2.75) is 45.8 Å². The molecule has 0 unspecified atom stereocenters. The summed E-state index contributed by atoms with van der Waals surface area (Å²) in [6, 6.07) is 12.3. The van der Waals surface area contributed by atoms with Crippen molar-refractivity contribution in [1.29, 1.82) is 0 Å². The Balaban J connectivity index is 0.000000655. The van der Waals surface area contributed by atoms with E-state index in [0.717, 1.165) is 58.0 Å². The Morgan fingerprint density at radius 2 is 1.78 bits per heavy atom. The number of amides is 1. The molecule has 0 aliphatic carbocycles. The summed E-state index contributed by atoms with van der Waals surface area (Å²) in [6.45, 7) is 6.14. The molecule has 0 saturated carbocycles. The molecule has 1 fully saturated rings. The molecule has 2 aliphatic rings. The number of aromatic nitrogens is 3. The van der Waals surface area contributed by atoms with Crippen LogP contribution in [0, 0.1) is 0 Å². The van der Waals surface area contributed by atoms with Crippen LogP contribution in [0.15, 0.2) is 55.0 Å². The topological polar surface area (TPSA) is 95.3 Å². The molecule has 0 spiro atoms. The number of hydrogen-bond acceptors (Lipinski definition) is 6. The fraction of sp³-hybridized carbons (Fsp3) is 0.345. The lowest BCUT2D eigenvalue weighted by atomic mass is 9.94. The highest BCUT2D eigenvalue weighted by Crippen LogP contribution is 2.37. The lowest BCUT2D eigenvalue weighted by Crippen LogP contribution is -2.29. The summed E-state index contributed by atoms with van der Waals surface area (Å²) in [5.41, 5.74) is 6.70. The summed E-state index contributed by atoms with van der Waals surface area (Å²) in [4.78, 5) is 24.3. The van der Waals surface area contributed by atoms with E-state index in [1.165, 1.54) is 19.3 Å². The van der Waals surface area contributed by atoms with Crippen LogP contribution in [-0.2, 0) is 13.6 Å². The van der Waals surface area contributed by atoms with E-state index >= 15 is 0 Å².